The van der Waals surface area contributed by atoms with Gasteiger partial charge in [0, 0.05) is 18.1 Å². The Morgan fingerprint density at radius 1 is 1.21 bits per heavy atom. The van der Waals surface area contributed by atoms with Crippen LogP contribution >= 0.6 is 11.6 Å². The Morgan fingerprint density at radius 3 is 2.90 bits per heavy atom. The van der Waals surface area contributed by atoms with Crippen LogP contribution in [-0.4, -0.2) is 39.9 Å². The molecule has 2 aromatic carbocycles. The lowest BCUT2D eigenvalue weighted by Crippen LogP contribution is -2.44. The molecule has 0 unspecified atom stereocenters. The van der Waals surface area contributed by atoms with Crippen molar-refractivity contribution in [2.45, 2.75) is 19.0 Å². The fourth-order valence-electron chi connectivity index (χ4n) is 3.24. The van der Waals surface area contributed by atoms with Crippen LogP contribution in [0.1, 0.15) is 16.8 Å². The van der Waals surface area contributed by atoms with E-state index in [0.29, 0.717) is 29.4 Å². The Kier molecular flexibility index (Phi) is 5.18. The molecule has 148 valence electrons. The lowest BCUT2D eigenvalue weighted by Gasteiger charge is -2.14. The molecule has 1 atom stereocenters. The number of nitrogens with zero attached hydrogens (tertiary/aromatic N) is 2. The van der Waals surface area contributed by atoms with E-state index in [1.54, 1.807) is 42.7 Å². The monoisotopic (exact) mass is 411 g/mol. The van der Waals surface area contributed by atoms with Gasteiger partial charge in [-0.15, -0.1) is 0 Å². The molecule has 4 rings (SSSR count). The number of fused-ring (bicyclic) bond motifs is 2. The molecular weight excluding hydrogens is 394 g/mol. The Morgan fingerprint density at radius 2 is 2.03 bits per heavy atom. The molecule has 0 bridgehead atoms. The molecule has 3 amide bonds. The summed E-state index contributed by atoms with van der Waals surface area (Å²) in [6.07, 6.45) is 1.54. The first-order valence-electron chi connectivity index (χ1n) is 9.09. The maximum atomic E-state index is 12.4. The number of benzene rings is 2. The van der Waals surface area contributed by atoms with Gasteiger partial charge in [-0.25, -0.2) is 4.98 Å². The number of anilines is 1. The fourth-order valence-corrected chi connectivity index (χ4v) is 3.41. The normalized spacial score (nSPS) is 16.0. The number of carbonyl (C=O) groups excluding carboxylic acids is 3. The zero-order valence-corrected chi connectivity index (χ0v) is 16.1. The summed E-state index contributed by atoms with van der Waals surface area (Å²) in [5, 5.41) is 8.68. The van der Waals surface area contributed by atoms with Gasteiger partial charge in [0.1, 0.15) is 6.04 Å². The van der Waals surface area contributed by atoms with Gasteiger partial charge in [-0.2, -0.15) is 0 Å². The number of halogens is 1. The van der Waals surface area contributed by atoms with E-state index >= 15 is 0 Å². The maximum absolute atomic E-state index is 12.4. The van der Waals surface area contributed by atoms with E-state index in [4.69, 9.17) is 11.6 Å². The van der Waals surface area contributed by atoms with Gasteiger partial charge in [0.05, 0.1) is 35.0 Å². The number of para-hydroxylation sites is 1. The van der Waals surface area contributed by atoms with Crippen LogP contribution in [0.15, 0.2) is 48.8 Å². The number of carbonyl (C=O) groups is 3. The highest BCUT2D eigenvalue weighted by Crippen LogP contribution is 2.19. The Hall–Kier alpha value is -3.39. The second kappa shape index (κ2) is 7.92. The van der Waals surface area contributed by atoms with Crippen LogP contribution in [0.5, 0.6) is 0 Å². The van der Waals surface area contributed by atoms with Crippen LogP contribution in [0.25, 0.3) is 11.0 Å². The highest BCUT2D eigenvalue weighted by atomic mass is 35.5. The van der Waals surface area contributed by atoms with Gasteiger partial charge in [0.25, 0.3) is 5.91 Å². The fraction of sp³-hybridized carbons (Fsp3) is 0.200. The topological polar surface area (TPSA) is 105 Å². The van der Waals surface area contributed by atoms with Crippen molar-refractivity contribution in [2.75, 3.05) is 11.9 Å². The van der Waals surface area contributed by atoms with E-state index in [9.17, 15) is 14.4 Å². The quantitative estimate of drug-likeness (QED) is 0.596. The molecule has 8 nitrogen and oxygen atoms in total. The molecular formula is C20H18ClN5O3. The van der Waals surface area contributed by atoms with Crippen LogP contribution in [-0.2, 0) is 16.1 Å². The van der Waals surface area contributed by atoms with Crippen molar-refractivity contribution in [1.82, 2.24) is 20.2 Å². The summed E-state index contributed by atoms with van der Waals surface area (Å²) in [6, 6.07) is 11.2. The first kappa shape index (κ1) is 18.9. The van der Waals surface area contributed by atoms with E-state index in [1.165, 1.54) is 0 Å². The molecule has 1 aliphatic rings. The predicted molar refractivity (Wildman–Crippen MR) is 109 cm³/mol. The van der Waals surface area contributed by atoms with Crippen molar-refractivity contribution in [2.24, 2.45) is 0 Å². The number of aromatic nitrogens is 2. The summed E-state index contributed by atoms with van der Waals surface area (Å²) in [7, 11) is 0. The number of nitrogens with one attached hydrogen (secondary N) is 3. The Bertz CT molecular complexity index is 1110. The van der Waals surface area contributed by atoms with Gasteiger partial charge in [0.15, 0.2) is 0 Å². The summed E-state index contributed by atoms with van der Waals surface area (Å²) >= 11 is 5.96. The highest BCUT2D eigenvalue weighted by molar-refractivity contribution is 6.31. The smallest absolute Gasteiger partial charge is 0.254 e. The van der Waals surface area contributed by atoms with Crippen molar-refractivity contribution in [3.05, 3.63) is 59.4 Å². The largest absolute Gasteiger partial charge is 0.354 e. The third-order valence-electron chi connectivity index (χ3n) is 4.70. The SMILES string of the molecule is O=C(C[C@@H]1NC(=O)c2ccccc2NC1=O)NCCn1cnc2cc(Cl)ccc21. The van der Waals surface area contributed by atoms with Gasteiger partial charge in [0.2, 0.25) is 11.8 Å². The summed E-state index contributed by atoms with van der Waals surface area (Å²) in [6.45, 7) is 0.869. The van der Waals surface area contributed by atoms with Crippen LogP contribution in [0.4, 0.5) is 5.69 Å². The molecule has 0 aliphatic carbocycles. The number of imidazole rings is 1. The van der Waals surface area contributed by atoms with Crippen molar-refractivity contribution < 1.29 is 14.4 Å². The van der Waals surface area contributed by atoms with Crippen molar-refractivity contribution in [3.63, 3.8) is 0 Å². The predicted octanol–water partition coefficient (Wildman–Crippen LogP) is 1.95. The standard InChI is InChI=1S/C20H18ClN5O3/c21-12-5-6-17-15(9-12)23-11-26(17)8-7-22-18(27)10-16-20(29)24-14-4-2-1-3-13(14)19(28)25-16/h1-6,9,11,16H,7-8,10H2,(H,22,27)(H,24,29)(H,25,28)/t16-/m0/s1. The number of amides is 3. The lowest BCUT2D eigenvalue weighted by molar-refractivity contribution is -0.125. The first-order chi connectivity index (χ1) is 14.0. The van der Waals surface area contributed by atoms with E-state index in [0.717, 1.165) is 11.0 Å². The number of hydrogen-bond acceptors (Lipinski definition) is 4. The van der Waals surface area contributed by atoms with Crippen LogP contribution in [0.3, 0.4) is 0 Å². The molecule has 0 saturated carbocycles. The zero-order chi connectivity index (χ0) is 20.4. The van der Waals surface area contributed by atoms with Gasteiger partial charge in [-0.05, 0) is 30.3 Å². The van der Waals surface area contributed by atoms with Gasteiger partial charge < -0.3 is 20.5 Å². The van der Waals surface area contributed by atoms with Crippen LogP contribution < -0.4 is 16.0 Å². The molecule has 3 aromatic rings. The minimum absolute atomic E-state index is 0.147. The zero-order valence-electron chi connectivity index (χ0n) is 15.3. The van der Waals surface area contributed by atoms with E-state index in [1.807, 2.05) is 10.6 Å². The van der Waals surface area contributed by atoms with Gasteiger partial charge >= 0.3 is 0 Å². The summed E-state index contributed by atoms with van der Waals surface area (Å²) in [5.74, 6) is -1.14. The molecule has 9 heteroatoms. The molecule has 0 radical (unpaired) electrons. The Labute approximate surface area is 171 Å². The molecule has 1 aromatic heterocycles. The third kappa shape index (κ3) is 4.07. The molecule has 3 N–H and O–H groups in total. The van der Waals surface area contributed by atoms with Crippen molar-refractivity contribution in [1.29, 1.82) is 0 Å². The summed E-state index contributed by atoms with van der Waals surface area (Å²) < 4.78 is 1.91. The number of hydrogen-bond donors (Lipinski definition) is 3. The second-order valence-electron chi connectivity index (χ2n) is 6.69. The minimum atomic E-state index is -0.939. The first-order valence-corrected chi connectivity index (χ1v) is 9.47. The molecule has 29 heavy (non-hydrogen) atoms. The van der Waals surface area contributed by atoms with Crippen molar-refractivity contribution >= 4 is 46.0 Å². The third-order valence-corrected chi connectivity index (χ3v) is 4.93. The molecule has 0 saturated heterocycles. The molecule has 0 fully saturated rings. The van der Waals surface area contributed by atoms with Gasteiger partial charge in [-0.3, -0.25) is 14.4 Å². The van der Waals surface area contributed by atoms with E-state index in [2.05, 4.69) is 20.9 Å². The van der Waals surface area contributed by atoms with E-state index < -0.39 is 11.9 Å². The number of rotatable bonds is 5. The van der Waals surface area contributed by atoms with Crippen molar-refractivity contribution in [3.8, 4) is 0 Å². The average Bonchev–Trinajstić information content (AvgIpc) is 3.04. The molecule has 0 spiro atoms. The lowest BCUT2D eigenvalue weighted by atomic mass is 10.1. The summed E-state index contributed by atoms with van der Waals surface area (Å²) in [4.78, 5) is 41.3. The van der Waals surface area contributed by atoms with E-state index in [-0.39, 0.29) is 18.2 Å². The highest BCUT2D eigenvalue weighted by Gasteiger charge is 2.29. The molecule has 1 aliphatic heterocycles. The van der Waals surface area contributed by atoms with Crippen LogP contribution in [0, 0.1) is 0 Å². The minimum Gasteiger partial charge on any atom is -0.354 e. The Balaban J connectivity index is 1.34. The second-order valence-corrected chi connectivity index (χ2v) is 7.12. The summed E-state index contributed by atoms with van der Waals surface area (Å²) in [5.41, 5.74) is 2.50. The van der Waals surface area contributed by atoms with Gasteiger partial charge in [-0.1, -0.05) is 23.7 Å². The average molecular weight is 412 g/mol. The van der Waals surface area contributed by atoms with Crippen LogP contribution in [0.2, 0.25) is 5.02 Å². The molecule has 2 heterocycles. The maximum Gasteiger partial charge on any atom is 0.254 e.